The zero-order valence-corrected chi connectivity index (χ0v) is 12.0. The zero-order valence-electron chi connectivity index (χ0n) is 11.3. The van der Waals surface area contributed by atoms with Gasteiger partial charge in [-0.05, 0) is 18.4 Å². The van der Waals surface area contributed by atoms with Crippen molar-refractivity contribution in [3.05, 3.63) is 35.9 Å². The van der Waals surface area contributed by atoms with Gasteiger partial charge in [0, 0.05) is 19.0 Å². The molecule has 1 heterocycles. The van der Waals surface area contributed by atoms with Crippen molar-refractivity contribution in [2.75, 3.05) is 19.0 Å². The van der Waals surface area contributed by atoms with Gasteiger partial charge in [0.05, 0.1) is 5.88 Å². The van der Waals surface area contributed by atoms with Gasteiger partial charge in [0.25, 0.3) is 0 Å². The molecule has 4 nitrogen and oxygen atoms in total. The maximum atomic E-state index is 12.0. The van der Waals surface area contributed by atoms with Crippen molar-refractivity contribution in [1.82, 2.24) is 4.90 Å². The van der Waals surface area contributed by atoms with Crippen molar-refractivity contribution in [3.8, 4) is 0 Å². The fraction of sp³-hybridized carbons (Fsp3) is 0.467. The maximum absolute atomic E-state index is 12.0. The molecular weight excluding hydrogens is 278 g/mol. The number of rotatable bonds is 4. The summed E-state index contributed by atoms with van der Waals surface area (Å²) < 4.78 is 5.27. The molecule has 0 spiro atoms. The van der Waals surface area contributed by atoms with Gasteiger partial charge in [-0.2, -0.15) is 0 Å². The fourth-order valence-corrected chi connectivity index (χ4v) is 2.54. The highest BCUT2D eigenvalue weighted by Gasteiger charge is 2.28. The van der Waals surface area contributed by atoms with Crippen LogP contribution >= 0.6 is 11.6 Å². The first-order valence-corrected chi connectivity index (χ1v) is 7.28. The van der Waals surface area contributed by atoms with Crippen LogP contribution in [0, 0.1) is 5.92 Å². The lowest BCUT2D eigenvalue weighted by Gasteiger charge is -2.30. The number of hydrogen-bond acceptors (Lipinski definition) is 3. The van der Waals surface area contributed by atoms with Crippen LogP contribution in [0.4, 0.5) is 4.79 Å². The molecule has 20 heavy (non-hydrogen) atoms. The molecule has 1 aromatic rings. The lowest BCUT2D eigenvalue weighted by Crippen LogP contribution is -2.42. The number of benzene rings is 1. The number of alkyl halides is 1. The van der Waals surface area contributed by atoms with Crippen molar-refractivity contribution in [1.29, 1.82) is 0 Å². The van der Waals surface area contributed by atoms with E-state index in [9.17, 15) is 9.59 Å². The number of halogens is 1. The van der Waals surface area contributed by atoms with Crippen molar-refractivity contribution >= 4 is 23.5 Å². The summed E-state index contributed by atoms with van der Waals surface area (Å²) in [6.07, 6.45) is 1.25. The lowest BCUT2D eigenvalue weighted by molar-refractivity contribution is -0.121. The Bertz CT molecular complexity index is 463. The van der Waals surface area contributed by atoms with E-state index in [0.717, 1.165) is 18.4 Å². The van der Waals surface area contributed by atoms with E-state index in [1.807, 2.05) is 30.3 Å². The molecule has 1 atom stereocenters. The number of piperidine rings is 1. The van der Waals surface area contributed by atoms with E-state index >= 15 is 0 Å². The normalized spacial score (nSPS) is 18.6. The number of nitrogens with zero attached hydrogens (tertiary/aromatic N) is 1. The van der Waals surface area contributed by atoms with Crippen molar-refractivity contribution in [3.63, 3.8) is 0 Å². The molecule has 0 saturated carbocycles. The minimum atomic E-state index is -0.360. The number of ether oxygens (including phenoxy) is 1. The fourth-order valence-electron chi connectivity index (χ4n) is 2.33. The van der Waals surface area contributed by atoms with Crippen LogP contribution in [-0.4, -0.2) is 35.7 Å². The molecule has 1 saturated heterocycles. The van der Waals surface area contributed by atoms with E-state index in [0.29, 0.717) is 13.1 Å². The Morgan fingerprint density at radius 3 is 2.75 bits per heavy atom. The summed E-state index contributed by atoms with van der Waals surface area (Å²) in [7, 11) is 0. The second kappa shape index (κ2) is 7.29. The largest absolute Gasteiger partial charge is 0.445 e. The molecule has 108 valence electrons. The lowest BCUT2D eigenvalue weighted by atomic mass is 9.95. The Hall–Kier alpha value is -1.55. The smallest absolute Gasteiger partial charge is 0.410 e. The van der Waals surface area contributed by atoms with E-state index in [-0.39, 0.29) is 30.3 Å². The van der Waals surface area contributed by atoms with Gasteiger partial charge < -0.3 is 9.64 Å². The summed E-state index contributed by atoms with van der Waals surface area (Å²) in [5, 5.41) is 0. The van der Waals surface area contributed by atoms with E-state index in [1.54, 1.807) is 4.90 Å². The third-order valence-electron chi connectivity index (χ3n) is 3.47. The number of Topliss-reactive ketones (excluding diaryl/α,β-unsaturated/α-hetero) is 1. The van der Waals surface area contributed by atoms with Gasteiger partial charge in [-0.25, -0.2) is 4.79 Å². The minimum Gasteiger partial charge on any atom is -0.445 e. The maximum Gasteiger partial charge on any atom is 0.410 e. The van der Waals surface area contributed by atoms with Crippen LogP contribution in [0.1, 0.15) is 18.4 Å². The topological polar surface area (TPSA) is 46.6 Å². The summed E-state index contributed by atoms with van der Waals surface area (Å²) >= 11 is 5.57. The van der Waals surface area contributed by atoms with Crippen molar-refractivity contribution in [2.45, 2.75) is 19.4 Å². The van der Waals surface area contributed by atoms with E-state index in [2.05, 4.69) is 0 Å². The Labute approximate surface area is 123 Å². The molecule has 1 aromatic carbocycles. The van der Waals surface area contributed by atoms with Gasteiger partial charge in [-0.15, -0.1) is 11.6 Å². The molecule has 1 amide bonds. The molecule has 0 bridgehead atoms. The molecule has 1 aliphatic rings. The monoisotopic (exact) mass is 295 g/mol. The molecule has 0 aliphatic carbocycles. The summed E-state index contributed by atoms with van der Waals surface area (Å²) in [6, 6.07) is 9.53. The Balaban J connectivity index is 1.84. The predicted molar refractivity (Wildman–Crippen MR) is 76.7 cm³/mol. The van der Waals surface area contributed by atoms with E-state index < -0.39 is 0 Å². The Morgan fingerprint density at radius 1 is 1.30 bits per heavy atom. The van der Waals surface area contributed by atoms with Crippen LogP contribution in [0.3, 0.4) is 0 Å². The minimum absolute atomic E-state index is 0.00669. The first kappa shape index (κ1) is 14.9. The number of carbonyl (C=O) groups excluding carboxylic acids is 2. The van der Waals surface area contributed by atoms with Crippen LogP contribution in [0.5, 0.6) is 0 Å². The molecular formula is C15H18ClNO3. The van der Waals surface area contributed by atoms with Gasteiger partial charge in [-0.3, -0.25) is 4.79 Å². The van der Waals surface area contributed by atoms with Gasteiger partial charge >= 0.3 is 6.09 Å². The second-order valence-electron chi connectivity index (χ2n) is 4.93. The number of ketones is 1. The zero-order chi connectivity index (χ0) is 14.4. The first-order valence-electron chi connectivity index (χ1n) is 6.75. The number of likely N-dealkylation sites (tertiary alicyclic amines) is 1. The van der Waals surface area contributed by atoms with Crippen LogP contribution in [0.2, 0.25) is 0 Å². The molecule has 5 heteroatoms. The third kappa shape index (κ3) is 3.97. The summed E-state index contributed by atoms with van der Waals surface area (Å²) in [4.78, 5) is 25.2. The van der Waals surface area contributed by atoms with Crippen LogP contribution < -0.4 is 0 Å². The highest BCUT2D eigenvalue weighted by atomic mass is 35.5. The average Bonchev–Trinajstić information content (AvgIpc) is 2.53. The molecule has 1 fully saturated rings. The van der Waals surface area contributed by atoms with E-state index in [1.165, 1.54) is 0 Å². The quantitative estimate of drug-likeness (QED) is 0.803. The van der Waals surface area contributed by atoms with Gasteiger partial charge in [0.15, 0.2) is 5.78 Å². The molecule has 0 aromatic heterocycles. The summed E-state index contributed by atoms with van der Waals surface area (Å²) in [5.74, 6) is -0.129. The van der Waals surface area contributed by atoms with Gasteiger partial charge in [0.1, 0.15) is 6.61 Å². The second-order valence-corrected chi connectivity index (χ2v) is 5.19. The summed E-state index contributed by atoms with van der Waals surface area (Å²) in [6.45, 7) is 1.31. The molecule has 0 radical (unpaired) electrons. The van der Waals surface area contributed by atoms with Crippen molar-refractivity contribution < 1.29 is 14.3 Å². The number of amides is 1. The molecule has 2 rings (SSSR count). The average molecular weight is 296 g/mol. The number of hydrogen-bond donors (Lipinski definition) is 0. The first-order chi connectivity index (χ1) is 9.70. The SMILES string of the molecule is O=C(CCl)C1CCCN(C(=O)OCc2ccccc2)C1. The van der Waals surface area contributed by atoms with Gasteiger partial charge in [0.2, 0.25) is 0 Å². The van der Waals surface area contributed by atoms with Crippen LogP contribution in [0.15, 0.2) is 30.3 Å². The van der Waals surface area contributed by atoms with Crippen molar-refractivity contribution in [2.24, 2.45) is 5.92 Å². The Morgan fingerprint density at radius 2 is 2.05 bits per heavy atom. The van der Waals surface area contributed by atoms with Crippen LogP contribution in [0.25, 0.3) is 0 Å². The standard InChI is InChI=1S/C15H18ClNO3/c16-9-14(18)13-7-4-8-17(10-13)15(19)20-11-12-5-2-1-3-6-12/h1-3,5-6,13H,4,7-11H2. The number of carbonyl (C=O) groups is 2. The van der Waals surface area contributed by atoms with Crippen LogP contribution in [-0.2, 0) is 16.1 Å². The molecule has 0 N–H and O–H groups in total. The highest BCUT2D eigenvalue weighted by Crippen LogP contribution is 2.19. The van der Waals surface area contributed by atoms with E-state index in [4.69, 9.17) is 16.3 Å². The molecule has 1 unspecified atom stereocenters. The van der Waals surface area contributed by atoms with Gasteiger partial charge in [-0.1, -0.05) is 30.3 Å². The Kier molecular flexibility index (Phi) is 5.41. The predicted octanol–water partition coefficient (Wildman–Crippen LogP) is 2.84. The third-order valence-corrected chi connectivity index (χ3v) is 3.74. The molecule has 1 aliphatic heterocycles. The summed E-state index contributed by atoms with van der Waals surface area (Å²) in [5.41, 5.74) is 0.950. The highest BCUT2D eigenvalue weighted by molar-refractivity contribution is 6.27.